The van der Waals surface area contributed by atoms with Crippen LogP contribution in [-0.4, -0.2) is 5.91 Å². The molecule has 0 aliphatic carbocycles. The smallest absolute Gasteiger partial charge is 0.248 e. The Kier molecular flexibility index (Phi) is 4.48. The number of halogens is 1. The van der Waals surface area contributed by atoms with Crippen LogP contribution in [0, 0.1) is 5.82 Å². The lowest BCUT2D eigenvalue weighted by atomic mass is 10.1. The van der Waals surface area contributed by atoms with Gasteiger partial charge in [-0.05, 0) is 42.3 Å². The summed E-state index contributed by atoms with van der Waals surface area (Å²) < 4.78 is 12.9. The molecule has 2 rings (SSSR count). The fourth-order valence-corrected chi connectivity index (χ4v) is 1.97. The third-order valence-electron chi connectivity index (χ3n) is 3.19. The quantitative estimate of drug-likeness (QED) is 0.879. The van der Waals surface area contributed by atoms with Gasteiger partial charge in [0.05, 0.1) is 0 Å². The number of nitrogens with two attached hydrogens (primary N) is 1. The van der Waals surface area contributed by atoms with E-state index in [0.717, 1.165) is 11.1 Å². The zero-order valence-electron chi connectivity index (χ0n) is 11.3. The molecule has 1 unspecified atom stereocenters. The van der Waals surface area contributed by atoms with Crippen LogP contribution in [0.5, 0.6) is 0 Å². The predicted molar refractivity (Wildman–Crippen MR) is 76.6 cm³/mol. The summed E-state index contributed by atoms with van der Waals surface area (Å²) in [5.41, 5.74) is 7.74. The molecule has 0 radical (unpaired) electrons. The van der Waals surface area contributed by atoms with Crippen LogP contribution in [0.4, 0.5) is 4.39 Å². The van der Waals surface area contributed by atoms with Crippen LogP contribution in [0.15, 0.2) is 48.5 Å². The number of carbonyl (C=O) groups is 1. The number of hydrogen-bond acceptors (Lipinski definition) is 2. The van der Waals surface area contributed by atoms with E-state index in [2.05, 4.69) is 5.32 Å². The Labute approximate surface area is 117 Å². The van der Waals surface area contributed by atoms with E-state index in [-0.39, 0.29) is 11.9 Å². The molecule has 0 fully saturated rings. The fourth-order valence-electron chi connectivity index (χ4n) is 1.97. The molecule has 0 aliphatic rings. The third kappa shape index (κ3) is 3.65. The summed E-state index contributed by atoms with van der Waals surface area (Å²) in [4.78, 5) is 11.1. The maximum atomic E-state index is 12.9. The molecule has 0 heterocycles. The molecule has 0 aromatic heterocycles. The molecule has 0 aliphatic heterocycles. The van der Waals surface area contributed by atoms with E-state index in [1.54, 1.807) is 30.3 Å². The minimum atomic E-state index is -0.432. The monoisotopic (exact) mass is 272 g/mol. The first-order chi connectivity index (χ1) is 9.56. The average Bonchev–Trinajstić information content (AvgIpc) is 2.46. The minimum Gasteiger partial charge on any atom is -0.366 e. The molecule has 0 saturated carbocycles. The zero-order chi connectivity index (χ0) is 14.5. The summed E-state index contributed by atoms with van der Waals surface area (Å²) in [6, 6.07) is 13.7. The number of hydrogen-bond donors (Lipinski definition) is 2. The van der Waals surface area contributed by atoms with Gasteiger partial charge in [-0.1, -0.05) is 24.3 Å². The van der Waals surface area contributed by atoms with Crippen molar-refractivity contribution >= 4 is 5.91 Å². The highest BCUT2D eigenvalue weighted by Crippen LogP contribution is 2.14. The highest BCUT2D eigenvalue weighted by molar-refractivity contribution is 5.92. The van der Waals surface area contributed by atoms with Gasteiger partial charge in [0, 0.05) is 18.2 Å². The van der Waals surface area contributed by atoms with Gasteiger partial charge in [0.2, 0.25) is 5.91 Å². The fraction of sp³-hybridized carbons (Fsp3) is 0.188. The van der Waals surface area contributed by atoms with Crippen LogP contribution in [0.25, 0.3) is 0 Å². The highest BCUT2D eigenvalue weighted by Gasteiger charge is 2.06. The van der Waals surface area contributed by atoms with Gasteiger partial charge in [-0.15, -0.1) is 0 Å². The van der Waals surface area contributed by atoms with Gasteiger partial charge in [-0.25, -0.2) is 4.39 Å². The summed E-state index contributed by atoms with van der Waals surface area (Å²) in [7, 11) is 0. The molecular formula is C16H17FN2O. The van der Waals surface area contributed by atoms with Crippen molar-refractivity contribution in [1.82, 2.24) is 5.32 Å². The van der Waals surface area contributed by atoms with Crippen molar-refractivity contribution in [3.05, 3.63) is 71.0 Å². The first kappa shape index (κ1) is 14.2. The van der Waals surface area contributed by atoms with Gasteiger partial charge in [-0.2, -0.15) is 0 Å². The average molecular weight is 272 g/mol. The van der Waals surface area contributed by atoms with Gasteiger partial charge in [0.1, 0.15) is 5.82 Å². The standard InChI is InChI=1S/C16H17FN2O/c1-11(13-5-7-15(17)8-6-13)19-10-12-3-2-4-14(9-12)16(18)20/h2-9,11,19H,10H2,1H3,(H2,18,20). The van der Waals surface area contributed by atoms with E-state index in [1.165, 1.54) is 12.1 Å². The lowest BCUT2D eigenvalue weighted by Gasteiger charge is -2.14. The van der Waals surface area contributed by atoms with Gasteiger partial charge in [0.15, 0.2) is 0 Å². The molecule has 3 N–H and O–H groups in total. The SMILES string of the molecule is CC(NCc1cccc(C(N)=O)c1)c1ccc(F)cc1. The molecule has 0 spiro atoms. The maximum absolute atomic E-state index is 12.9. The molecular weight excluding hydrogens is 255 g/mol. The Bertz CT molecular complexity index is 596. The summed E-state index contributed by atoms with van der Waals surface area (Å²) in [6.45, 7) is 2.62. The lowest BCUT2D eigenvalue weighted by Crippen LogP contribution is -2.18. The molecule has 2 aromatic rings. The second-order valence-corrected chi connectivity index (χ2v) is 4.72. The Morgan fingerprint density at radius 1 is 1.25 bits per heavy atom. The molecule has 0 bridgehead atoms. The molecule has 104 valence electrons. The van der Waals surface area contributed by atoms with Crippen molar-refractivity contribution in [1.29, 1.82) is 0 Å². The molecule has 1 amide bonds. The Morgan fingerprint density at radius 2 is 1.95 bits per heavy atom. The molecule has 3 nitrogen and oxygen atoms in total. The van der Waals surface area contributed by atoms with Crippen LogP contribution >= 0.6 is 0 Å². The van der Waals surface area contributed by atoms with Crippen LogP contribution in [0.2, 0.25) is 0 Å². The second kappa shape index (κ2) is 6.30. The van der Waals surface area contributed by atoms with Crippen LogP contribution < -0.4 is 11.1 Å². The van der Waals surface area contributed by atoms with Gasteiger partial charge < -0.3 is 11.1 Å². The summed E-state index contributed by atoms with van der Waals surface area (Å²) in [6.07, 6.45) is 0. The van der Waals surface area contributed by atoms with Gasteiger partial charge >= 0.3 is 0 Å². The van der Waals surface area contributed by atoms with E-state index >= 15 is 0 Å². The maximum Gasteiger partial charge on any atom is 0.248 e. The van der Waals surface area contributed by atoms with Crippen molar-refractivity contribution in [2.75, 3.05) is 0 Å². The predicted octanol–water partition coefficient (Wildman–Crippen LogP) is 2.78. The number of rotatable bonds is 5. The van der Waals surface area contributed by atoms with Gasteiger partial charge in [-0.3, -0.25) is 4.79 Å². The molecule has 4 heteroatoms. The first-order valence-corrected chi connectivity index (χ1v) is 6.44. The number of carbonyl (C=O) groups excluding carboxylic acids is 1. The van der Waals surface area contributed by atoms with E-state index in [9.17, 15) is 9.18 Å². The van der Waals surface area contributed by atoms with Crippen molar-refractivity contribution in [3.8, 4) is 0 Å². The number of nitrogens with one attached hydrogen (secondary N) is 1. The number of primary amides is 1. The number of benzene rings is 2. The van der Waals surface area contributed by atoms with E-state index in [0.29, 0.717) is 12.1 Å². The highest BCUT2D eigenvalue weighted by atomic mass is 19.1. The first-order valence-electron chi connectivity index (χ1n) is 6.44. The van der Waals surface area contributed by atoms with Crippen molar-refractivity contribution in [2.45, 2.75) is 19.5 Å². The molecule has 0 saturated heterocycles. The third-order valence-corrected chi connectivity index (χ3v) is 3.19. The van der Waals surface area contributed by atoms with Crippen molar-refractivity contribution < 1.29 is 9.18 Å². The van der Waals surface area contributed by atoms with E-state index < -0.39 is 5.91 Å². The largest absolute Gasteiger partial charge is 0.366 e. The van der Waals surface area contributed by atoms with Crippen molar-refractivity contribution in [2.24, 2.45) is 5.73 Å². The van der Waals surface area contributed by atoms with Crippen LogP contribution in [0.3, 0.4) is 0 Å². The van der Waals surface area contributed by atoms with Crippen molar-refractivity contribution in [3.63, 3.8) is 0 Å². The van der Waals surface area contributed by atoms with Crippen LogP contribution in [0.1, 0.15) is 34.5 Å². The van der Waals surface area contributed by atoms with E-state index in [1.807, 2.05) is 13.0 Å². The summed E-state index contributed by atoms with van der Waals surface area (Å²) in [5.74, 6) is -0.673. The molecule has 20 heavy (non-hydrogen) atoms. The Morgan fingerprint density at radius 3 is 2.60 bits per heavy atom. The van der Waals surface area contributed by atoms with Gasteiger partial charge in [0.25, 0.3) is 0 Å². The normalized spacial score (nSPS) is 12.1. The topological polar surface area (TPSA) is 55.1 Å². The van der Waals surface area contributed by atoms with Crippen LogP contribution in [-0.2, 0) is 6.54 Å². The van der Waals surface area contributed by atoms with E-state index in [4.69, 9.17) is 5.73 Å². The minimum absolute atomic E-state index is 0.0906. The number of amides is 1. The summed E-state index contributed by atoms with van der Waals surface area (Å²) >= 11 is 0. The summed E-state index contributed by atoms with van der Waals surface area (Å²) in [5, 5.41) is 3.33. The Balaban J connectivity index is 1.99. The molecule has 2 aromatic carbocycles. The Hall–Kier alpha value is -2.20. The lowest BCUT2D eigenvalue weighted by molar-refractivity contribution is 0.1000. The second-order valence-electron chi connectivity index (χ2n) is 4.72. The molecule has 1 atom stereocenters. The zero-order valence-corrected chi connectivity index (χ0v) is 11.3.